The number of nitrogens with zero attached hydrogens (tertiary/aromatic N) is 2. The van der Waals surface area contributed by atoms with Crippen molar-refractivity contribution in [3.63, 3.8) is 0 Å². The van der Waals surface area contributed by atoms with Crippen LogP contribution in [-0.4, -0.2) is 40.3 Å². The van der Waals surface area contributed by atoms with Gasteiger partial charge in [-0.15, -0.1) is 0 Å². The van der Waals surface area contributed by atoms with Gasteiger partial charge in [0.2, 0.25) is 5.91 Å². The summed E-state index contributed by atoms with van der Waals surface area (Å²) in [7, 11) is 0. The van der Waals surface area contributed by atoms with E-state index in [9.17, 15) is 14.7 Å². The van der Waals surface area contributed by atoms with Crippen LogP contribution in [0, 0.1) is 0 Å². The zero-order valence-electron chi connectivity index (χ0n) is 14.5. The van der Waals surface area contributed by atoms with Gasteiger partial charge in [-0.2, -0.15) is 0 Å². The highest BCUT2D eigenvalue weighted by Crippen LogP contribution is 2.25. The van der Waals surface area contributed by atoms with Gasteiger partial charge in [0.15, 0.2) is 0 Å². The van der Waals surface area contributed by atoms with Crippen LogP contribution >= 0.6 is 0 Å². The third-order valence-electron chi connectivity index (χ3n) is 4.09. The Kier molecular flexibility index (Phi) is 5.63. The number of aliphatic hydroxyl groups excluding tert-OH is 1. The minimum Gasteiger partial charge on any atom is -0.465 e. The number of rotatable bonds is 6. The summed E-state index contributed by atoms with van der Waals surface area (Å²) in [5.41, 5.74) is 2.52. The Balaban J connectivity index is 1.84. The number of para-hydroxylation sites is 1. The fraction of sp³-hybridized carbons (Fsp3) is 0.150. The van der Waals surface area contributed by atoms with E-state index in [4.69, 9.17) is 5.11 Å². The molecule has 138 valence electrons. The molecule has 2 aromatic carbocycles. The van der Waals surface area contributed by atoms with E-state index in [0.717, 1.165) is 10.9 Å². The molecule has 0 radical (unpaired) electrons. The monoisotopic (exact) mass is 365 g/mol. The van der Waals surface area contributed by atoms with Gasteiger partial charge in [-0.25, -0.2) is 4.79 Å². The Morgan fingerprint density at radius 3 is 2.48 bits per heavy atom. The molecular formula is C20H19N3O4. The number of hydrogen-bond acceptors (Lipinski definition) is 4. The quantitative estimate of drug-likeness (QED) is 0.623. The highest BCUT2D eigenvalue weighted by Gasteiger charge is 2.18. The molecule has 27 heavy (non-hydrogen) atoms. The molecule has 0 aliphatic carbocycles. The third-order valence-corrected chi connectivity index (χ3v) is 4.09. The van der Waals surface area contributed by atoms with Crippen molar-refractivity contribution in [1.82, 2.24) is 4.98 Å². The van der Waals surface area contributed by atoms with Crippen LogP contribution in [0.3, 0.4) is 0 Å². The molecule has 7 nitrogen and oxygen atoms in total. The van der Waals surface area contributed by atoms with Gasteiger partial charge >= 0.3 is 6.09 Å². The molecule has 1 aromatic heterocycles. The van der Waals surface area contributed by atoms with Crippen LogP contribution in [0.2, 0.25) is 0 Å². The first-order valence-electron chi connectivity index (χ1n) is 8.42. The van der Waals surface area contributed by atoms with Crippen molar-refractivity contribution in [1.29, 1.82) is 0 Å². The maximum absolute atomic E-state index is 12.9. The van der Waals surface area contributed by atoms with E-state index in [1.807, 2.05) is 30.3 Å². The summed E-state index contributed by atoms with van der Waals surface area (Å²) < 4.78 is 0. The van der Waals surface area contributed by atoms with Gasteiger partial charge in [-0.3, -0.25) is 15.1 Å². The molecule has 0 fully saturated rings. The molecule has 0 spiro atoms. The van der Waals surface area contributed by atoms with E-state index in [2.05, 4.69) is 10.3 Å². The standard InChI is InChI=1S/C20H19N3O4/c24-12-11-23(17-5-1-3-15-4-2-10-21-19(15)17)18(25)13-14-6-8-16(9-7-14)22-20(26)27/h1-10,22,24H,11-13H2,(H,26,27). The number of anilines is 2. The minimum atomic E-state index is -1.14. The van der Waals surface area contributed by atoms with Crippen molar-refractivity contribution < 1.29 is 19.8 Å². The highest BCUT2D eigenvalue weighted by molar-refractivity contribution is 6.02. The molecule has 0 aliphatic heterocycles. The Bertz CT molecular complexity index is 952. The third kappa shape index (κ3) is 4.39. The first-order valence-corrected chi connectivity index (χ1v) is 8.42. The van der Waals surface area contributed by atoms with E-state index in [1.165, 1.54) is 4.90 Å². The molecule has 0 bridgehead atoms. The summed E-state index contributed by atoms with van der Waals surface area (Å²) >= 11 is 0. The number of aliphatic hydroxyl groups is 1. The average molecular weight is 365 g/mol. The van der Waals surface area contributed by atoms with Crippen molar-refractivity contribution >= 4 is 34.3 Å². The van der Waals surface area contributed by atoms with Gasteiger partial charge < -0.3 is 15.1 Å². The topological polar surface area (TPSA) is 103 Å². The number of aromatic nitrogens is 1. The van der Waals surface area contributed by atoms with Gasteiger partial charge in [0.1, 0.15) is 0 Å². The fourth-order valence-corrected chi connectivity index (χ4v) is 2.88. The van der Waals surface area contributed by atoms with Crippen LogP contribution in [0.5, 0.6) is 0 Å². The smallest absolute Gasteiger partial charge is 0.409 e. The van der Waals surface area contributed by atoms with E-state index in [1.54, 1.807) is 30.5 Å². The summed E-state index contributed by atoms with van der Waals surface area (Å²) in [5.74, 6) is -0.179. The van der Waals surface area contributed by atoms with Gasteiger partial charge in [-0.05, 0) is 29.8 Å². The summed E-state index contributed by atoms with van der Waals surface area (Å²) in [4.78, 5) is 29.4. The molecule has 3 rings (SSSR count). The van der Waals surface area contributed by atoms with Crippen LogP contribution in [0.25, 0.3) is 10.9 Å². The SMILES string of the molecule is O=C(O)Nc1ccc(CC(=O)N(CCO)c2cccc3cccnc23)cc1. The zero-order valence-corrected chi connectivity index (χ0v) is 14.5. The minimum absolute atomic E-state index is 0.122. The number of carboxylic acid groups (broad SMARTS) is 1. The van der Waals surface area contributed by atoms with Gasteiger partial charge in [0, 0.05) is 23.8 Å². The fourth-order valence-electron chi connectivity index (χ4n) is 2.88. The Morgan fingerprint density at radius 1 is 1.04 bits per heavy atom. The first-order chi connectivity index (χ1) is 13.1. The van der Waals surface area contributed by atoms with E-state index >= 15 is 0 Å². The number of benzene rings is 2. The van der Waals surface area contributed by atoms with Crippen LogP contribution < -0.4 is 10.2 Å². The van der Waals surface area contributed by atoms with E-state index in [0.29, 0.717) is 16.9 Å². The second-order valence-corrected chi connectivity index (χ2v) is 5.93. The number of carbonyl (C=O) groups excluding carboxylic acids is 1. The second-order valence-electron chi connectivity index (χ2n) is 5.93. The molecular weight excluding hydrogens is 346 g/mol. The molecule has 3 N–H and O–H groups in total. The van der Waals surface area contributed by atoms with Gasteiger partial charge in [-0.1, -0.05) is 30.3 Å². The number of hydrogen-bond donors (Lipinski definition) is 3. The summed E-state index contributed by atoms with van der Waals surface area (Å²) in [5, 5.41) is 21.3. The van der Waals surface area contributed by atoms with Crippen LogP contribution in [0.4, 0.5) is 16.2 Å². The maximum Gasteiger partial charge on any atom is 0.409 e. The lowest BCUT2D eigenvalue weighted by Gasteiger charge is -2.23. The van der Waals surface area contributed by atoms with Crippen molar-refractivity contribution in [2.24, 2.45) is 0 Å². The average Bonchev–Trinajstić information content (AvgIpc) is 2.67. The number of pyridine rings is 1. The highest BCUT2D eigenvalue weighted by atomic mass is 16.4. The molecule has 0 atom stereocenters. The van der Waals surface area contributed by atoms with E-state index < -0.39 is 6.09 Å². The maximum atomic E-state index is 12.9. The number of fused-ring (bicyclic) bond motifs is 1. The van der Waals surface area contributed by atoms with Gasteiger partial charge in [0.05, 0.1) is 24.2 Å². The first kappa shape index (κ1) is 18.3. The van der Waals surface area contributed by atoms with Crippen LogP contribution in [0.1, 0.15) is 5.56 Å². The lowest BCUT2D eigenvalue weighted by molar-refractivity contribution is -0.118. The molecule has 0 saturated carbocycles. The lowest BCUT2D eigenvalue weighted by Crippen LogP contribution is -2.35. The lowest BCUT2D eigenvalue weighted by atomic mass is 10.1. The second kappa shape index (κ2) is 8.29. The molecule has 0 unspecified atom stereocenters. The molecule has 0 aliphatic rings. The Hall–Kier alpha value is -3.45. The summed E-state index contributed by atoms with van der Waals surface area (Å²) in [6.07, 6.45) is 0.648. The van der Waals surface area contributed by atoms with Crippen molar-refractivity contribution in [3.8, 4) is 0 Å². The largest absolute Gasteiger partial charge is 0.465 e. The molecule has 7 heteroatoms. The van der Waals surface area contributed by atoms with Crippen LogP contribution in [-0.2, 0) is 11.2 Å². The molecule has 0 saturated heterocycles. The summed E-state index contributed by atoms with van der Waals surface area (Å²) in [6, 6.07) is 15.9. The van der Waals surface area contributed by atoms with Crippen LogP contribution in [0.15, 0.2) is 60.8 Å². The van der Waals surface area contributed by atoms with Crippen molar-refractivity contribution in [2.75, 3.05) is 23.4 Å². The molecule has 1 heterocycles. The Morgan fingerprint density at radius 2 is 1.78 bits per heavy atom. The zero-order chi connectivity index (χ0) is 19.2. The normalized spacial score (nSPS) is 10.6. The van der Waals surface area contributed by atoms with Gasteiger partial charge in [0.25, 0.3) is 0 Å². The molecule has 2 amide bonds. The van der Waals surface area contributed by atoms with E-state index in [-0.39, 0.29) is 25.5 Å². The van der Waals surface area contributed by atoms with Crippen molar-refractivity contribution in [3.05, 3.63) is 66.4 Å². The van der Waals surface area contributed by atoms with Crippen molar-refractivity contribution in [2.45, 2.75) is 6.42 Å². The number of amides is 2. The number of nitrogens with one attached hydrogen (secondary N) is 1. The molecule has 3 aromatic rings. The number of carbonyl (C=O) groups is 2. The predicted octanol–water partition coefficient (Wildman–Crippen LogP) is 2.89. The predicted molar refractivity (Wildman–Crippen MR) is 103 cm³/mol. The summed E-state index contributed by atoms with van der Waals surface area (Å²) in [6.45, 7) is -0.0103. The Labute approximate surface area is 155 Å².